The van der Waals surface area contributed by atoms with Crippen LogP contribution in [0.1, 0.15) is 41.9 Å². The van der Waals surface area contributed by atoms with Crippen LogP contribution < -0.4 is 9.64 Å². The third-order valence-corrected chi connectivity index (χ3v) is 9.07. The lowest BCUT2D eigenvalue weighted by Gasteiger charge is -2.36. The summed E-state index contributed by atoms with van der Waals surface area (Å²) in [5.74, 6) is 0.911. The fourth-order valence-electron chi connectivity index (χ4n) is 5.38. The molecule has 1 saturated heterocycles. The van der Waals surface area contributed by atoms with E-state index in [0.717, 1.165) is 34.5 Å². The Balaban J connectivity index is 1.43. The number of sulfonamides is 1. The van der Waals surface area contributed by atoms with Gasteiger partial charge in [-0.2, -0.15) is 4.31 Å². The molecule has 0 atom stereocenters. The van der Waals surface area contributed by atoms with Crippen molar-refractivity contribution in [2.75, 3.05) is 38.2 Å². The first-order chi connectivity index (χ1) is 16.1. The molecule has 1 fully saturated rings. The number of ketones is 1. The molecule has 8 heteroatoms. The van der Waals surface area contributed by atoms with Crippen LogP contribution in [0.2, 0.25) is 0 Å². The maximum atomic E-state index is 13.6. The molecule has 180 valence electrons. The van der Waals surface area contributed by atoms with E-state index in [0.29, 0.717) is 48.6 Å². The van der Waals surface area contributed by atoms with Crippen molar-refractivity contribution in [1.82, 2.24) is 9.29 Å². The molecule has 1 aromatic heterocycles. The summed E-state index contributed by atoms with van der Waals surface area (Å²) in [4.78, 5) is 18.7. The van der Waals surface area contributed by atoms with Crippen LogP contribution >= 0.6 is 0 Å². The van der Waals surface area contributed by atoms with Crippen LogP contribution in [0, 0.1) is 12.3 Å². The van der Waals surface area contributed by atoms with E-state index in [2.05, 4.69) is 23.7 Å². The molecule has 5 rings (SSSR count). The van der Waals surface area contributed by atoms with Gasteiger partial charge in [-0.1, -0.05) is 26.0 Å². The van der Waals surface area contributed by atoms with Crippen molar-refractivity contribution in [3.8, 4) is 5.75 Å². The molecule has 1 aliphatic carbocycles. The normalized spacial score (nSPS) is 18.8. The monoisotopic (exact) mass is 481 g/mol. The Labute approximate surface area is 200 Å². The fourth-order valence-corrected chi connectivity index (χ4v) is 7.03. The molecule has 2 aromatic carbocycles. The number of methoxy groups -OCH3 is 1. The van der Waals surface area contributed by atoms with Crippen LogP contribution in [0.4, 0.5) is 5.69 Å². The predicted octanol–water partition coefficient (Wildman–Crippen LogP) is 4.15. The number of para-hydroxylation sites is 2. The standard InChI is InChI=1S/C26H31N3O4S/c1-17-13-18-19(27-20-15-26(2,3)16-22(30)25(18)20)14-24(17)34(31,32)29-11-9-28(10-12-29)21-7-5-6-8-23(21)33-4/h5-8,13-14,27H,9-12,15-16H2,1-4H3. The van der Waals surface area contributed by atoms with Crippen LogP contribution in [0.5, 0.6) is 5.75 Å². The molecule has 0 saturated carbocycles. The second-order valence-corrected chi connectivity index (χ2v) is 12.1. The van der Waals surface area contributed by atoms with Crippen LogP contribution in [0.25, 0.3) is 10.9 Å². The van der Waals surface area contributed by atoms with E-state index in [1.165, 1.54) is 0 Å². The molecule has 7 nitrogen and oxygen atoms in total. The molecule has 0 unspecified atom stereocenters. The number of carbonyl (C=O) groups is 1. The van der Waals surface area contributed by atoms with Gasteiger partial charge in [0.1, 0.15) is 5.75 Å². The summed E-state index contributed by atoms with van der Waals surface area (Å²) in [6.45, 7) is 7.95. The van der Waals surface area contributed by atoms with Crippen molar-refractivity contribution >= 4 is 32.4 Å². The topological polar surface area (TPSA) is 82.7 Å². The number of nitrogens with zero attached hydrogens (tertiary/aromatic N) is 2. The van der Waals surface area contributed by atoms with E-state index in [9.17, 15) is 13.2 Å². The number of piperazine rings is 1. The highest BCUT2D eigenvalue weighted by Gasteiger charge is 2.35. The van der Waals surface area contributed by atoms with Crippen LogP contribution in [-0.4, -0.2) is 56.8 Å². The van der Waals surface area contributed by atoms with Gasteiger partial charge in [0.2, 0.25) is 10.0 Å². The third-order valence-electron chi connectivity index (χ3n) is 7.03. The van der Waals surface area contributed by atoms with Crippen molar-refractivity contribution in [2.24, 2.45) is 5.41 Å². The van der Waals surface area contributed by atoms with Crippen molar-refractivity contribution in [1.29, 1.82) is 0 Å². The number of hydrogen-bond acceptors (Lipinski definition) is 5. The molecular weight excluding hydrogens is 450 g/mol. The summed E-state index contributed by atoms with van der Waals surface area (Å²) in [6.07, 6.45) is 1.28. The number of fused-ring (bicyclic) bond motifs is 3. The number of Topliss-reactive ketones (excluding diaryl/α,β-unsaturated/α-hetero) is 1. The van der Waals surface area contributed by atoms with Gasteiger partial charge in [-0.25, -0.2) is 8.42 Å². The summed E-state index contributed by atoms with van der Waals surface area (Å²) in [5.41, 5.74) is 3.90. The molecule has 2 heterocycles. The van der Waals surface area contributed by atoms with Crippen molar-refractivity contribution in [2.45, 2.75) is 38.5 Å². The number of carbonyl (C=O) groups excluding carboxylic acids is 1. The number of H-pyrrole nitrogens is 1. The Morgan fingerprint density at radius 1 is 1.03 bits per heavy atom. The van der Waals surface area contributed by atoms with Crippen LogP contribution in [-0.2, 0) is 16.4 Å². The average Bonchev–Trinajstić information content (AvgIpc) is 3.14. The zero-order valence-electron chi connectivity index (χ0n) is 20.1. The molecule has 3 aromatic rings. The lowest BCUT2D eigenvalue weighted by molar-refractivity contribution is 0.0913. The summed E-state index contributed by atoms with van der Waals surface area (Å²) in [7, 11) is -2.03. The Morgan fingerprint density at radius 2 is 1.74 bits per heavy atom. The van der Waals surface area contributed by atoms with E-state index in [-0.39, 0.29) is 11.2 Å². The van der Waals surface area contributed by atoms with Crippen LogP contribution in [0.3, 0.4) is 0 Å². The number of rotatable bonds is 4. The molecule has 1 N–H and O–H groups in total. The van der Waals surface area contributed by atoms with Gasteiger partial charge < -0.3 is 14.6 Å². The van der Waals surface area contributed by atoms with Gasteiger partial charge >= 0.3 is 0 Å². The number of benzene rings is 2. The van der Waals surface area contributed by atoms with Gasteiger partial charge in [0.15, 0.2) is 5.78 Å². The molecule has 2 aliphatic rings. The van der Waals surface area contributed by atoms with E-state index in [1.54, 1.807) is 17.5 Å². The minimum Gasteiger partial charge on any atom is -0.495 e. The number of aryl methyl sites for hydroxylation is 1. The number of nitrogens with one attached hydrogen (secondary N) is 1. The first kappa shape index (κ1) is 22.9. The number of anilines is 1. The Morgan fingerprint density at radius 3 is 2.44 bits per heavy atom. The minimum absolute atomic E-state index is 0.101. The van der Waals surface area contributed by atoms with Gasteiger partial charge in [0.05, 0.1) is 17.7 Å². The molecular formula is C26H31N3O4S. The molecule has 34 heavy (non-hydrogen) atoms. The minimum atomic E-state index is -3.67. The molecule has 0 bridgehead atoms. The number of hydrogen-bond donors (Lipinski definition) is 1. The molecule has 0 amide bonds. The van der Waals surface area contributed by atoms with Gasteiger partial charge in [-0.3, -0.25) is 4.79 Å². The zero-order valence-corrected chi connectivity index (χ0v) is 21.0. The molecule has 0 radical (unpaired) electrons. The van der Waals surface area contributed by atoms with Gasteiger partial charge in [0.25, 0.3) is 0 Å². The van der Waals surface area contributed by atoms with Crippen molar-refractivity contribution in [3.05, 3.63) is 53.2 Å². The highest BCUT2D eigenvalue weighted by Crippen LogP contribution is 2.39. The van der Waals surface area contributed by atoms with E-state index in [1.807, 2.05) is 37.3 Å². The van der Waals surface area contributed by atoms with E-state index in [4.69, 9.17) is 4.74 Å². The number of aromatic amines is 1. The molecule has 0 spiro atoms. The highest BCUT2D eigenvalue weighted by atomic mass is 32.2. The first-order valence-electron chi connectivity index (χ1n) is 11.7. The maximum Gasteiger partial charge on any atom is 0.243 e. The maximum absolute atomic E-state index is 13.6. The lowest BCUT2D eigenvalue weighted by atomic mass is 9.76. The highest BCUT2D eigenvalue weighted by molar-refractivity contribution is 7.89. The summed E-state index contributed by atoms with van der Waals surface area (Å²) < 4.78 is 34.3. The summed E-state index contributed by atoms with van der Waals surface area (Å²) in [6, 6.07) is 11.4. The fraction of sp³-hybridized carbons (Fsp3) is 0.423. The lowest BCUT2D eigenvalue weighted by Crippen LogP contribution is -2.48. The van der Waals surface area contributed by atoms with Gasteiger partial charge in [-0.05, 0) is 48.6 Å². The Kier molecular flexibility index (Phi) is 5.48. The largest absolute Gasteiger partial charge is 0.495 e. The summed E-state index contributed by atoms with van der Waals surface area (Å²) in [5, 5.41) is 0.827. The second kappa shape index (κ2) is 8.13. The Bertz CT molecular complexity index is 1380. The van der Waals surface area contributed by atoms with E-state index >= 15 is 0 Å². The Hall–Kier alpha value is -2.84. The molecule has 1 aliphatic heterocycles. The summed E-state index contributed by atoms with van der Waals surface area (Å²) >= 11 is 0. The SMILES string of the molecule is COc1ccccc1N1CCN(S(=O)(=O)c2cc3[nH]c4c(c3cc2C)C(=O)CC(C)(C)C4)CC1. The number of aromatic nitrogens is 1. The van der Waals surface area contributed by atoms with Crippen molar-refractivity contribution in [3.63, 3.8) is 0 Å². The van der Waals surface area contributed by atoms with Gasteiger partial charge in [-0.15, -0.1) is 0 Å². The second-order valence-electron chi connectivity index (χ2n) is 10.1. The predicted molar refractivity (Wildman–Crippen MR) is 133 cm³/mol. The van der Waals surface area contributed by atoms with E-state index < -0.39 is 10.0 Å². The first-order valence-corrected chi connectivity index (χ1v) is 13.1. The zero-order chi connectivity index (χ0) is 24.3. The van der Waals surface area contributed by atoms with Crippen LogP contribution in [0.15, 0.2) is 41.3 Å². The smallest absolute Gasteiger partial charge is 0.243 e. The van der Waals surface area contributed by atoms with Gasteiger partial charge in [0, 0.05) is 54.8 Å². The quantitative estimate of drug-likeness (QED) is 0.605. The number of ether oxygens (including phenoxy) is 1. The van der Waals surface area contributed by atoms with Crippen molar-refractivity contribution < 1.29 is 17.9 Å². The average molecular weight is 482 g/mol. The third kappa shape index (κ3) is 3.79.